The second-order valence-electron chi connectivity index (χ2n) is 4.03. The molecule has 0 atom stereocenters. The first-order valence-corrected chi connectivity index (χ1v) is 11.8. The lowest BCUT2D eigenvalue weighted by molar-refractivity contribution is 0.0702. The topological polar surface area (TPSA) is 24.9 Å². The molecule has 2 heterocycles. The normalized spacial score (nSPS) is 20.0. The minimum atomic E-state index is 0.772. The highest BCUT2D eigenvalue weighted by Crippen LogP contribution is 2.45. The molecule has 2 aliphatic heterocycles. The molecule has 0 unspecified atom stereocenters. The fraction of sp³-hybridized carbons (Fsp3) is 0.800. The summed E-state index contributed by atoms with van der Waals surface area (Å²) in [5, 5.41) is 0. The fourth-order valence-electron chi connectivity index (χ4n) is 1.68. The predicted octanol–water partition coefficient (Wildman–Crippen LogP) is 2.90. The van der Waals surface area contributed by atoms with Gasteiger partial charge in [0.25, 0.3) is 0 Å². The molecular formula is C10H16N2O2S6. The molecule has 114 valence electrons. The molecule has 0 aromatic rings. The number of nitrogens with zero attached hydrogens (tertiary/aromatic N) is 2. The van der Waals surface area contributed by atoms with E-state index in [1.165, 1.54) is 0 Å². The molecular weight excluding hydrogens is 373 g/mol. The van der Waals surface area contributed by atoms with Crippen molar-refractivity contribution in [3.05, 3.63) is 0 Å². The molecule has 4 nitrogen and oxygen atoms in total. The Morgan fingerprint density at radius 2 is 1.05 bits per heavy atom. The summed E-state index contributed by atoms with van der Waals surface area (Å²) in [6.07, 6.45) is 0. The molecule has 0 N–H and O–H groups in total. The van der Waals surface area contributed by atoms with Crippen LogP contribution in [0.5, 0.6) is 0 Å². The average molecular weight is 389 g/mol. The number of hydrogen-bond donors (Lipinski definition) is 0. The van der Waals surface area contributed by atoms with Gasteiger partial charge in [-0.25, -0.2) is 0 Å². The van der Waals surface area contributed by atoms with Gasteiger partial charge in [-0.05, 0) is 41.2 Å². The van der Waals surface area contributed by atoms with E-state index in [2.05, 4.69) is 9.80 Å². The molecule has 0 amide bonds. The maximum Gasteiger partial charge on any atom is 0.148 e. The third-order valence-corrected chi connectivity index (χ3v) is 10.2. The highest BCUT2D eigenvalue weighted by molar-refractivity contribution is 9.29. The summed E-state index contributed by atoms with van der Waals surface area (Å²) in [4.78, 5) is 4.39. The zero-order valence-corrected chi connectivity index (χ0v) is 15.7. The van der Waals surface area contributed by atoms with E-state index in [4.69, 9.17) is 33.9 Å². The van der Waals surface area contributed by atoms with Gasteiger partial charge in [0.2, 0.25) is 0 Å². The van der Waals surface area contributed by atoms with Crippen molar-refractivity contribution >= 4 is 74.3 Å². The molecule has 2 aliphatic rings. The van der Waals surface area contributed by atoms with Crippen LogP contribution in [0.2, 0.25) is 0 Å². The first kappa shape index (κ1) is 17.5. The van der Waals surface area contributed by atoms with E-state index < -0.39 is 0 Å². The van der Waals surface area contributed by atoms with E-state index in [9.17, 15) is 0 Å². The zero-order valence-electron chi connectivity index (χ0n) is 10.8. The smallest absolute Gasteiger partial charge is 0.148 e. The molecule has 0 saturated carbocycles. The molecule has 0 aliphatic carbocycles. The summed E-state index contributed by atoms with van der Waals surface area (Å²) in [6.45, 7) is 6.69. The van der Waals surface area contributed by atoms with Crippen molar-refractivity contribution in [3.8, 4) is 0 Å². The zero-order chi connectivity index (χ0) is 14.2. The molecule has 0 aromatic carbocycles. The second-order valence-corrected chi connectivity index (χ2v) is 11.0. The molecule has 0 aromatic heterocycles. The van der Waals surface area contributed by atoms with Crippen LogP contribution in [0.3, 0.4) is 0 Å². The number of rotatable bonds is 3. The third kappa shape index (κ3) is 6.07. The molecule has 0 radical (unpaired) electrons. The summed E-state index contributed by atoms with van der Waals surface area (Å²) in [6, 6.07) is 0. The van der Waals surface area contributed by atoms with Crippen LogP contribution >= 0.6 is 65.7 Å². The molecule has 0 spiro atoms. The van der Waals surface area contributed by atoms with Gasteiger partial charge >= 0.3 is 0 Å². The van der Waals surface area contributed by atoms with Crippen molar-refractivity contribution in [1.29, 1.82) is 0 Å². The minimum Gasteiger partial charge on any atom is -0.378 e. The third-order valence-electron chi connectivity index (χ3n) is 2.78. The van der Waals surface area contributed by atoms with E-state index in [1.807, 2.05) is 0 Å². The minimum absolute atomic E-state index is 0.772. The van der Waals surface area contributed by atoms with Crippen LogP contribution in [0.4, 0.5) is 0 Å². The van der Waals surface area contributed by atoms with Crippen molar-refractivity contribution in [2.24, 2.45) is 0 Å². The Labute approximate surface area is 145 Å². The number of thiocarbonyl (C=S) groups is 2. The lowest BCUT2D eigenvalue weighted by Crippen LogP contribution is -2.38. The standard InChI is InChI=1S/C10H16N2O2S6/c15-9(11-1-5-13-6-2-11)17-19-20-18-10(16)12-3-7-14-8-4-12/h1-8H2. The summed E-state index contributed by atoms with van der Waals surface area (Å²) in [7, 11) is 6.61. The lowest BCUT2D eigenvalue weighted by atomic mass is 10.5. The van der Waals surface area contributed by atoms with E-state index in [0.717, 1.165) is 61.2 Å². The molecule has 0 bridgehead atoms. The van der Waals surface area contributed by atoms with Crippen molar-refractivity contribution in [3.63, 3.8) is 0 Å². The van der Waals surface area contributed by atoms with E-state index in [0.29, 0.717) is 0 Å². The van der Waals surface area contributed by atoms with Crippen molar-refractivity contribution < 1.29 is 9.47 Å². The van der Waals surface area contributed by atoms with Gasteiger partial charge in [-0.3, -0.25) is 0 Å². The SMILES string of the molecule is S=C(SSSSC(=S)N1CCOCC1)N1CCOCC1. The Kier molecular flexibility index (Phi) is 8.71. The van der Waals surface area contributed by atoms with E-state index >= 15 is 0 Å². The number of hydrogen-bond acceptors (Lipinski definition) is 8. The Balaban J connectivity index is 1.56. The van der Waals surface area contributed by atoms with Gasteiger partial charge in [0.05, 0.1) is 26.4 Å². The molecule has 10 heteroatoms. The summed E-state index contributed by atoms with van der Waals surface area (Å²) < 4.78 is 12.5. The maximum atomic E-state index is 5.41. The molecule has 2 rings (SSSR count). The largest absolute Gasteiger partial charge is 0.378 e. The highest BCUT2D eigenvalue weighted by atomic mass is 33.7. The van der Waals surface area contributed by atoms with Crippen molar-refractivity contribution in [1.82, 2.24) is 9.80 Å². The van der Waals surface area contributed by atoms with Crippen LogP contribution < -0.4 is 0 Å². The van der Waals surface area contributed by atoms with Crippen LogP contribution in [-0.4, -0.2) is 71.0 Å². The van der Waals surface area contributed by atoms with Crippen molar-refractivity contribution in [2.75, 3.05) is 52.6 Å². The van der Waals surface area contributed by atoms with E-state index in [1.54, 1.807) is 41.2 Å². The number of ether oxygens (including phenoxy) is 2. The van der Waals surface area contributed by atoms with Crippen LogP contribution in [0.15, 0.2) is 0 Å². The Morgan fingerprint density at radius 1 is 0.700 bits per heavy atom. The monoisotopic (exact) mass is 388 g/mol. The van der Waals surface area contributed by atoms with Crippen molar-refractivity contribution in [2.45, 2.75) is 0 Å². The lowest BCUT2D eigenvalue weighted by Gasteiger charge is -2.28. The van der Waals surface area contributed by atoms with E-state index in [-0.39, 0.29) is 0 Å². The second kappa shape index (κ2) is 9.98. The summed E-state index contributed by atoms with van der Waals surface area (Å²) in [5.41, 5.74) is 0. The van der Waals surface area contributed by atoms with Gasteiger partial charge in [0.15, 0.2) is 0 Å². The van der Waals surface area contributed by atoms with Crippen LogP contribution in [0.25, 0.3) is 0 Å². The van der Waals surface area contributed by atoms with Crippen LogP contribution in [-0.2, 0) is 9.47 Å². The van der Waals surface area contributed by atoms with Gasteiger partial charge in [0, 0.05) is 26.2 Å². The van der Waals surface area contributed by atoms with Crippen LogP contribution in [0, 0.1) is 0 Å². The Hall–Kier alpha value is 1.10. The van der Waals surface area contributed by atoms with Gasteiger partial charge in [-0.1, -0.05) is 24.4 Å². The first-order valence-electron chi connectivity index (χ1n) is 6.18. The summed E-state index contributed by atoms with van der Waals surface area (Å²) in [5.74, 6) is 0. The quantitative estimate of drug-likeness (QED) is 0.408. The average Bonchev–Trinajstić information content (AvgIpc) is 2.53. The molecule has 20 heavy (non-hydrogen) atoms. The fourth-order valence-corrected chi connectivity index (χ4v) is 8.49. The maximum absolute atomic E-state index is 5.41. The predicted molar refractivity (Wildman–Crippen MR) is 100 cm³/mol. The molecule has 2 saturated heterocycles. The molecule has 2 fully saturated rings. The summed E-state index contributed by atoms with van der Waals surface area (Å²) >= 11 is 10.8. The first-order chi connectivity index (χ1) is 9.77. The Morgan fingerprint density at radius 3 is 1.40 bits per heavy atom. The number of morpholine rings is 2. The highest BCUT2D eigenvalue weighted by Gasteiger charge is 2.16. The van der Waals surface area contributed by atoms with Gasteiger partial charge in [-0.15, -0.1) is 0 Å². The Bertz CT molecular complexity index is 302. The van der Waals surface area contributed by atoms with Crippen LogP contribution in [0.1, 0.15) is 0 Å². The van der Waals surface area contributed by atoms with Gasteiger partial charge in [0.1, 0.15) is 8.64 Å². The van der Waals surface area contributed by atoms with Gasteiger partial charge in [-0.2, -0.15) is 0 Å². The van der Waals surface area contributed by atoms with Gasteiger partial charge < -0.3 is 19.3 Å².